The van der Waals surface area contributed by atoms with Crippen LogP contribution >= 0.6 is 0 Å². The van der Waals surface area contributed by atoms with Crippen molar-refractivity contribution in [3.8, 4) is 5.75 Å². The summed E-state index contributed by atoms with van der Waals surface area (Å²) in [5.41, 5.74) is 0.0812. The van der Waals surface area contributed by atoms with Crippen molar-refractivity contribution in [2.24, 2.45) is 0 Å². The van der Waals surface area contributed by atoms with Gasteiger partial charge in [-0.05, 0) is 32.5 Å². The smallest absolute Gasteiger partial charge is 0.153 e. The Morgan fingerprint density at radius 2 is 1.54 bits per heavy atom. The summed E-state index contributed by atoms with van der Waals surface area (Å²) in [4.78, 5) is 6.39. The Kier molecular flexibility index (Phi) is 5.89. The lowest BCUT2D eigenvalue weighted by atomic mass is 10.2. The van der Waals surface area contributed by atoms with E-state index in [-0.39, 0.29) is 11.4 Å². The average Bonchev–Trinajstić information content (AvgIpc) is 3.08. The molecule has 2 fully saturated rings. The normalized spacial score (nSPS) is 19.9. The molecule has 0 radical (unpaired) electrons. The Hall–Kier alpha value is -1.40. The monoisotopic (exact) mass is 339 g/mol. The largest absolute Gasteiger partial charge is 0.492 e. The minimum Gasteiger partial charge on any atom is -0.492 e. The lowest BCUT2D eigenvalue weighted by molar-refractivity contribution is 0.236. The molecule has 1 aromatic carbocycles. The topological polar surface area (TPSA) is 19.0 Å². The summed E-state index contributed by atoms with van der Waals surface area (Å²) in [5.74, 6) is -0.785. The summed E-state index contributed by atoms with van der Waals surface area (Å²) in [6.07, 6.45) is 2.45. The summed E-state index contributed by atoms with van der Waals surface area (Å²) in [7, 11) is 0. The highest BCUT2D eigenvalue weighted by atomic mass is 19.1. The number of hydrogen-bond acceptors (Lipinski definition) is 4. The zero-order valence-electron chi connectivity index (χ0n) is 14.4. The number of halogens is 2. The van der Waals surface area contributed by atoms with Gasteiger partial charge in [-0.3, -0.25) is 4.90 Å². The number of piperazine rings is 1. The van der Waals surface area contributed by atoms with Crippen LogP contribution in [0.5, 0.6) is 5.75 Å². The summed E-state index contributed by atoms with van der Waals surface area (Å²) in [5, 5.41) is 0. The highest BCUT2D eigenvalue weighted by molar-refractivity contribution is 5.52. The SMILES string of the molecule is CCN1CCN(c2c(F)cc(OCCN3CCCC3)cc2F)CC1. The first-order valence-corrected chi connectivity index (χ1v) is 8.99. The third kappa shape index (κ3) is 4.16. The first-order valence-electron chi connectivity index (χ1n) is 8.99. The molecule has 0 aromatic heterocycles. The molecule has 1 aromatic rings. The molecule has 4 nitrogen and oxygen atoms in total. The van der Waals surface area contributed by atoms with Crippen LogP contribution in [-0.4, -0.2) is 68.8 Å². The van der Waals surface area contributed by atoms with Crippen LogP contribution in [0.25, 0.3) is 0 Å². The first kappa shape index (κ1) is 17.4. The molecular formula is C18H27F2N3O. The molecule has 0 saturated carbocycles. The van der Waals surface area contributed by atoms with Crippen LogP contribution in [-0.2, 0) is 0 Å². The van der Waals surface area contributed by atoms with E-state index in [4.69, 9.17) is 4.74 Å². The summed E-state index contributed by atoms with van der Waals surface area (Å²) in [6, 6.07) is 2.63. The van der Waals surface area contributed by atoms with Gasteiger partial charge in [0, 0.05) is 44.9 Å². The third-order valence-electron chi connectivity index (χ3n) is 5.00. The Morgan fingerprint density at radius 3 is 2.12 bits per heavy atom. The van der Waals surface area contributed by atoms with E-state index in [1.807, 2.05) is 0 Å². The molecule has 0 spiro atoms. The molecule has 0 N–H and O–H groups in total. The number of anilines is 1. The molecule has 0 bridgehead atoms. The van der Waals surface area contributed by atoms with Gasteiger partial charge in [0.15, 0.2) is 11.6 Å². The van der Waals surface area contributed by atoms with Gasteiger partial charge in [0.25, 0.3) is 0 Å². The van der Waals surface area contributed by atoms with Crippen molar-refractivity contribution in [3.63, 3.8) is 0 Å². The van der Waals surface area contributed by atoms with E-state index in [2.05, 4.69) is 16.7 Å². The second-order valence-corrected chi connectivity index (χ2v) is 6.55. The third-order valence-corrected chi connectivity index (χ3v) is 5.00. The van der Waals surface area contributed by atoms with Crippen molar-refractivity contribution in [1.29, 1.82) is 0 Å². The van der Waals surface area contributed by atoms with E-state index in [0.717, 1.165) is 39.3 Å². The minimum atomic E-state index is -0.531. The second kappa shape index (κ2) is 8.12. The second-order valence-electron chi connectivity index (χ2n) is 6.55. The van der Waals surface area contributed by atoms with E-state index in [0.29, 0.717) is 19.7 Å². The molecule has 134 valence electrons. The lowest BCUT2D eigenvalue weighted by Crippen LogP contribution is -2.46. The summed E-state index contributed by atoms with van der Waals surface area (Å²) >= 11 is 0. The van der Waals surface area contributed by atoms with Gasteiger partial charge < -0.3 is 14.5 Å². The fraction of sp³-hybridized carbons (Fsp3) is 0.667. The van der Waals surface area contributed by atoms with Crippen molar-refractivity contribution >= 4 is 5.69 Å². The van der Waals surface area contributed by atoms with Gasteiger partial charge in [0.05, 0.1) is 0 Å². The number of rotatable bonds is 6. The molecule has 2 saturated heterocycles. The minimum absolute atomic E-state index is 0.0812. The van der Waals surface area contributed by atoms with Crippen LogP contribution in [0.1, 0.15) is 19.8 Å². The predicted molar refractivity (Wildman–Crippen MR) is 91.9 cm³/mol. The lowest BCUT2D eigenvalue weighted by Gasteiger charge is -2.35. The zero-order chi connectivity index (χ0) is 16.9. The highest BCUT2D eigenvalue weighted by Crippen LogP contribution is 2.29. The number of nitrogens with zero attached hydrogens (tertiary/aromatic N) is 3. The van der Waals surface area contributed by atoms with Crippen molar-refractivity contribution in [3.05, 3.63) is 23.8 Å². The molecule has 0 atom stereocenters. The van der Waals surface area contributed by atoms with Gasteiger partial charge in [-0.25, -0.2) is 8.78 Å². The maximum absolute atomic E-state index is 14.4. The van der Waals surface area contributed by atoms with Gasteiger partial charge in [-0.15, -0.1) is 0 Å². The van der Waals surface area contributed by atoms with E-state index in [1.165, 1.54) is 25.0 Å². The number of ether oxygens (including phenoxy) is 1. The fourth-order valence-corrected chi connectivity index (χ4v) is 3.51. The highest BCUT2D eigenvalue weighted by Gasteiger charge is 2.22. The molecule has 24 heavy (non-hydrogen) atoms. The molecule has 2 aliphatic rings. The van der Waals surface area contributed by atoms with Crippen LogP contribution in [0.15, 0.2) is 12.1 Å². The van der Waals surface area contributed by atoms with Gasteiger partial charge >= 0.3 is 0 Å². The van der Waals surface area contributed by atoms with Crippen molar-refractivity contribution < 1.29 is 13.5 Å². The molecule has 3 rings (SSSR count). The molecule has 2 heterocycles. The molecule has 2 aliphatic heterocycles. The van der Waals surface area contributed by atoms with Crippen LogP contribution in [0.4, 0.5) is 14.5 Å². The number of likely N-dealkylation sites (N-methyl/N-ethyl adjacent to an activating group) is 1. The summed E-state index contributed by atoms with van der Waals surface area (Å²) < 4.78 is 34.4. The van der Waals surface area contributed by atoms with E-state index in [1.54, 1.807) is 4.90 Å². The zero-order valence-corrected chi connectivity index (χ0v) is 14.4. The first-order chi connectivity index (χ1) is 11.7. The van der Waals surface area contributed by atoms with E-state index >= 15 is 0 Å². The molecule has 6 heteroatoms. The number of benzene rings is 1. The maximum atomic E-state index is 14.4. The van der Waals surface area contributed by atoms with E-state index < -0.39 is 11.6 Å². The molecule has 0 aliphatic carbocycles. The van der Waals surface area contributed by atoms with Crippen molar-refractivity contribution in [2.75, 3.05) is 63.9 Å². The van der Waals surface area contributed by atoms with Crippen LogP contribution < -0.4 is 9.64 Å². The van der Waals surface area contributed by atoms with Crippen LogP contribution in [0.2, 0.25) is 0 Å². The molecule has 0 unspecified atom stereocenters. The van der Waals surface area contributed by atoms with Crippen LogP contribution in [0.3, 0.4) is 0 Å². The quantitative estimate of drug-likeness (QED) is 0.793. The predicted octanol–water partition coefficient (Wildman–Crippen LogP) is 2.58. The standard InChI is InChI=1S/C18H27F2N3O/c1-2-21-7-9-23(10-8-21)18-16(19)13-15(14-17(18)20)24-12-11-22-5-3-4-6-22/h13-14H,2-12H2,1H3. The van der Waals surface area contributed by atoms with Gasteiger partial charge in [-0.1, -0.05) is 6.92 Å². The van der Waals surface area contributed by atoms with Crippen LogP contribution in [0, 0.1) is 11.6 Å². The molecule has 0 amide bonds. The Balaban J connectivity index is 1.58. The van der Waals surface area contributed by atoms with E-state index in [9.17, 15) is 8.78 Å². The fourth-order valence-electron chi connectivity index (χ4n) is 3.51. The molecular weight excluding hydrogens is 312 g/mol. The Morgan fingerprint density at radius 1 is 0.917 bits per heavy atom. The van der Waals surface area contributed by atoms with Crippen molar-refractivity contribution in [1.82, 2.24) is 9.80 Å². The van der Waals surface area contributed by atoms with Gasteiger partial charge in [0.2, 0.25) is 0 Å². The number of hydrogen-bond donors (Lipinski definition) is 0. The summed E-state index contributed by atoms with van der Waals surface area (Å²) in [6.45, 7) is 9.51. The Labute approximate surface area is 143 Å². The average molecular weight is 339 g/mol. The Bertz CT molecular complexity index is 518. The number of likely N-dealkylation sites (tertiary alicyclic amines) is 1. The van der Waals surface area contributed by atoms with Gasteiger partial charge in [0.1, 0.15) is 18.0 Å². The van der Waals surface area contributed by atoms with Crippen molar-refractivity contribution in [2.45, 2.75) is 19.8 Å². The maximum Gasteiger partial charge on any atom is 0.153 e. The van der Waals surface area contributed by atoms with Gasteiger partial charge in [-0.2, -0.15) is 0 Å².